The van der Waals surface area contributed by atoms with Gasteiger partial charge in [0, 0.05) is 31.9 Å². The lowest BCUT2D eigenvalue weighted by molar-refractivity contribution is -0.130. The maximum atomic E-state index is 12.7. The van der Waals surface area contributed by atoms with Crippen LogP contribution in [0.3, 0.4) is 0 Å². The minimum absolute atomic E-state index is 0.0851. The van der Waals surface area contributed by atoms with E-state index in [4.69, 9.17) is 0 Å². The molecule has 1 amide bonds. The molecule has 2 aromatic rings. The third-order valence-electron chi connectivity index (χ3n) is 5.43. The lowest BCUT2D eigenvalue weighted by Crippen LogP contribution is -2.53. The van der Waals surface area contributed by atoms with Crippen molar-refractivity contribution in [3.05, 3.63) is 35.7 Å². The molecule has 1 aromatic carbocycles. The fraction of sp³-hybridized carbons (Fsp3) is 0.524. The lowest BCUT2D eigenvalue weighted by Gasteiger charge is -2.38. The Bertz CT molecular complexity index is 895. The number of amides is 1. The van der Waals surface area contributed by atoms with Crippen LogP contribution in [0, 0.1) is 31.1 Å². The summed E-state index contributed by atoms with van der Waals surface area (Å²) >= 11 is 1.41. The molecule has 154 valence electrons. The van der Waals surface area contributed by atoms with E-state index in [0.29, 0.717) is 24.0 Å². The average Bonchev–Trinajstić information content (AvgIpc) is 3.17. The molecule has 1 aliphatic heterocycles. The van der Waals surface area contributed by atoms with E-state index in [0.717, 1.165) is 18.8 Å². The van der Waals surface area contributed by atoms with E-state index in [-0.39, 0.29) is 17.9 Å². The van der Waals surface area contributed by atoms with Crippen LogP contribution in [0.4, 0.5) is 0 Å². The molecule has 1 saturated heterocycles. The molecule has 1 aromatic heterocycles. The first-order valence-electron chi connectivity index (χ1n) is 9.92. The smallest absolute Gasteiger partial charge is 0.233 e. The number of aromatic nitrogens is 3. The fourth-order valence-electron chi connectivity index (χ4n) is 3.49. The van der Waals surface area contributed by atoms with Crippen LogP contribution in [-0.4, -0.2) is 68.4 Å². The highest BCUT2D eigenvalue weighted by molar-refractivity contribution is 7.99. The predicted molar refractivity (Wildman–Crippen MR) is 114 cm³/mol. The zero-order valence-electron chi connectivity index (χ0n) is 17.5. The number of benzene rings is 1. The number of hydrogen-bond acceptors (Lipinski definition) is 6. The highest BCUT2D eigenvalue weighted by Gasteiger charge is 2.27. The molecule has 1 fully saturated rings. The summed E-state index contributed by atoms with van der Waals surface area (Å²) in [6.07, 6.45) is 1.68. The third kappa shape index (κ3) is 4.98. The van der Waals surface area contributed by atoms with Gasteiger partial charge in [-0.2, -0.15) is 5.26 Å². The minimum Gasteiger partial charge on any atom is -0.339 e. The van der Waals surface area contributed by atoms with Gasteiger partial charge < -0.3 is 4.90 Å². The first kappa shape index (κ1) is 21.3. The highest BCUT2D eigenvalue weighted by atomic mass is 32.2. The van der Waals surface area contributed by atoms with E-state index in [9.17, 15) is 10.1 Å². The molecular formula is C21H28N6OS. The van der Waals surface area contributed by atoms with Gasteiger partial charge in [0.1, 0.15) is 12.4 Å². The zero-order valence-corrected chi connectivity index (χ0v) is 18.3. The Balaban J connectivity index is 1.57. The second-order valence-electron chi connectivity index (χ2n) is 7.78. The van der Waals surface area contributed by atoms with Crippen LogP contribution >= 0.6 is 11.8 Å². The number of piperazine rings is 1. The number of nitrogens with zero attached hydrogens (tertiary/aromatic N) is 6. The van der Waals surface area contributed by atoms with Crippen LogP contribution in [0.2, 0.25) is 0 Å². The van der Waals surface area contributed by atoms with Crippen molar-refractivity contribution in [1.29, 1.82) is 5.26 Å². The van der Waals surface area contributed by atoms with Gasteiger partial charge in [-0.3, -0.25) is 14.3 Å². The van der Waals surface area contributed by atoms with Crippen LogP contribution in [0.5, 0.6) is 0 Å². The number of thioether (sulfide) groups is 1. The van der Waals surface area contributed by atoms with Crippen molar-refractivity contribution in [2.24, 2.45) is 5.92 Å². The van der Waals surface area contributed by atoms with Gasteiger partial charge in [-0.05, 0) is 43.0 Å². The number of carbonyl (C=O) groups is 1. The highest BCUT2D eigenvalue weighted by Crippen LogP contribution is 2.22. The first-order valence-corrected chi connectivity index (χ1v) is 10.9. The number of nitriles is 1. The van der Waals surface area contributed by atoms with Crippen molar-refractivity contribution in [3.8, 4) is 11.8 Å². The summed E-state index contributed by atoms with van der Waals surface area (Å²) in [6, 6.07) is 8.52. The van der Waals surface area contributed by atoms with Gasteiger partial charge >= 0.3 is 0 Å². The number of hydrogen-bond donors (Lipinski definition) is 0. The molecule has 1 unspecified atom stereocenters. The number of rotatable bonds is 6. The second-order valence-corrected chi connectivity index (χ2v) is 8.72. The third-order valence-corrected chi connectivity index (χ3v) is 6.36. The molecule has 0 aliphatic carbocycles. The van der Waals surface area contributed by atoms with Crippen molar-refractivity contribution in [1.82, 2.24) is 24.6 Å². The SMILES string of the molecule is Cc1ccc(-n2cnnc2SCC(=O)N2CCN(C(C#N)C(C)C)CC2)cc1C. The summed E-state index contributed by atoms with van der Waals surface area (Å²) in [5, 5.41) is 18.3. The van der Waals surface area contributed by atoms with Gasteiger partial charge in [0.25, 0.3) is 0 Å². The minimum atomic E-state index is -0.0851. The molecule has 2 heterocycles. The van der Waals surface area contributed by atoms with Crippen molar-refractivity contribution < 1.29 is 4.79 Å². The zero-order chi connectivity index (χ0) is 21.0. The molecule has 7 nitrogen and oxygen atoms in total. The van der Waals surface area contributed by atoms with Gasteiger partial charge in [0.05, 0.1) is 11.8 Å². The molecule has 0 N–H and O–H groups in total. The number of aryl methyl sites for hydroxylation is 2. The first-order chi connectivity index (χ1) is 13.9. The van der Waals surface area contributed by atoms with E-state index in [1.807, 2.05) is 15.5 Å². The predicted octanol–water partition coefficient (Wildman–Crippen LogP) is 2.67. The summed E-state index contributed by atoms with van der Waals surface area (Å²) in [7, 11) is 0. The molecule has 3 rings (SSSR count). The molecule has 1 aliphatic rings. The van der Waals surface area contributed by atoms with Crippen molar-refractivity contribution >= 4 is 17.7 Å². The number of carbonyl (C=O) groups excluding carboxylic acids is 1. The largest absolute Gasteiger partial charge is 0.339 e. The molecule has 0 saturated carbocycles. The maximum absolute atomic E-state index is 12.7. The van der Waals surface area contributed by atoms with Crippen LogP contribution in [0.25, 0.3) is 5.69 Å². The molecule has 0 bridgehead atoms. The summed E-state index contributed by atoms with van der Waals surface area (Å²) in [6.45, 7) is 11.1. The van der Waals surface area contributed by atoms with Crippen LogP contribution < -0.4 is 0 Å². The average molecular weight is 413 g/mol. The summed E-state index contributed by atoms with van der Waals surface area (Å²) in [4.78, 5) is 16.7. The Morgan fingerprint density at radius 2 is 1.93 bits per heavy atom. The monoisotopic (exact) mass is 412 g/mol. The van der Waals surface area contributed by atoms with E-state index >= 15 is 0 Å². The van der Waals surface area contributed by atoms with E-state index in [2.05, 4.69) is 61.0 Å². The topological polar surface area (TPSA) is 78.1 Å². The Hall–Kier alpha value is -2.37. The van der Waals surface area contributed by atoms with Gasteiger partial charge in [-0.25, -0.2) is 0 Å². The second kappa shape index (κ2) is 9.42. The van der Waals surface area contributed by atoms with Crippen LogP contribution in [-0.2, 0) is 4.79 Å². The lowest BCUT2D eigenvalue weighted by atomic mass is 10.0. The van der Waals surface area contributed by atoms with Crippen LogP contribution in [0.1, 0.15) is 25.0 Å². The van der Waals surface area contributed by atoms with Crippen LogP contribution in [0.15, 0.2) is 29.7 Å². The van der Waals surface area contributed by atoms with E-state index < -0.39 is 0 Å². The molecule has 0 radical (unpaired) electrons. The normalized spacial score (nSPS) is 16.1. The Kier molecular flexibility index (Phi) is 6.93. The maximum Gasteiger partial charge on any atom is 0.233 e. The fourth-order valence-corrected chi connectivity index (χ4v) is 4.33. The van der Waals surface area contributed by atoms with Crippen molar-refractivity contribution in [2.45, 2.75) is 38.9 Å². The Morgan fingerprint density at radius 1 is 1.21 bits per heavy atom. The van der Waals surface area contributed by atoms with Gasteiger partial charge in [0.15, 0.2) is 5.16 Å². The molecular weight excluding hydrogens is 384 g/mol. The quantitative estimate of drug-likeness (QED) is 0.679. The molecule has 0 spiro atoms. The Morgan fingerprint density at radius 3 is 2.55 bits per heavy atom. The summed E-state index contributed by atoms with van der Waals surface area (Å²) in [5.74, 6) is 0.715. The van der Waals surface area contributed by atoms with Gasteiger partial charge in [-0.1, -0.05) is 31.7 Å². The molecule has 8 heteroatoms. The van der Waals surface area contributed by atoms with Gasteiger partial charge in [-0.15, -0.1) is 10.2 Å². The molecule has 1 atom stereocenters. The summed E-state index contributed by atoms with van der Waals surface area (Å²) in [5.41, 5.74) is 3.44. The van der Waals surface area contributed by atoms with Gasteiger partial charge in [0.2, 0.25) is 5.91 Å². The van der Waals surface area contributed by atoms with Crippen molar-refractivity contribution in [3.63, 3.8) is 0 Å². The summed E-state index contributed by atoms with van der Waals surface area (Å²) < 4.78 is 1.92. The van der Waals surface area contributed by atoms with E-state index in [1.54, 1.807) is 6.33 Å². The van der Waals surface area contributed by atoms with E-state index in [1.165, 1.54) is 22.9 Å². The standard InChI is InChI=1S/C21H28N6OS/c1-15(2)19(12-22)25-7-9-26(10-8-25)20(28)13-29-21-24-23-14-27(21)18-6-5-16(3)17(4)11-18/h5-6,11,14-15,19H,7-10,13H2,1-4H3. The molecule has 29 heavy (non-hydrogen) atoms. The Labute approximate surface area is 176 Å². The van der Waals surface area contributed by atoms with Crippen molar-refractivity contribution in [2.75, 3.05) is 31.9 Å².